The number of aromatic nitrogens is 2. The highest BCUT2D eigenvalue weighted by Gasteiger charge is 2.16. The van der Waals surface area contributed by atoms with Gasteiger partial charge in [0.2, 0.25) is 0 Å². The van der Waals surface area contributed by atoms with Gasteiger partial charge in [-0.2, -0.15) is 0 Å². The van der Waals surface area contributed by atoms with E-state index < -0.39 is 0 Å². The topological polar surface area (TPSA) is 61.2 Å². The molecule has 0 N–H and O–H groups in total. The van der Waals surface area contributed by atoms with E-state index in [0.717, 1.165) is 28.9 Å². The van der Waals surface area contributed by atoms with Crippen molar-refractivity contribution in [3.8, 4) is 0 Å². The number of thioether (sulfide) groups is 1. The second-order valence-corrected chi connectivity index (χ2v) is 6.70. The van der Waals surface area contributed by atoms with Crippen LogP contribution in [0.1, 0.15) is 12.5 Å². The summed E-state index contributed by atoms with van der Waals surface area (Å²) in [7, 11) is 1.68. The number of fused-ring (bicyclic) bond motifs is 2. The number of ether oxygens (including phenoxy) is 1. The van der Waals surface area contributed by atoms with Crippen molar-refractivity contribution in [1.29, 1.82) is 0 Å². The fourth-order valence-corrected chi connectivity index (χ4v) is 3.64. The van der Waals surface area contributed by atoms with Crippen molar-refractivity contribution in [2.24, 2.45) is 0 Å². The third-order valence-electron chi connectivity index (χ3n) is 3.93. The Morgan fingerprint density at radius 1 is 1.27 bits per heavy atom. The second-order valence-electron chi connectivity index (χ2n) is 5.50. The van der Waals surface area contributed by atoms with Crippen molar-refractivity contribution in [1.82, 2.24) is 9.55 Å². The van der Waals surface area contributed by atoms with E-state index in [2.05, 4.69) is 9.72 Å². The zero-order chi connectivity index (χ0) is 19.3. The van der Waals surface area contributed by atoms with Gasteiger partial charge in [-0.3, -0.25) is 4.79 Å². The molecule has 0 aliphatic heterocycles. The van der Waals surface area contributed by atoms with E-state index in [0.29, 0.717) is 21.6 Å². The Bertz CT molecular complexity index is 1000. The van der Waals surface area contributed by atoms with Crippen LogP contribution in [0, 0.1) is 6.92 Å². The molecule has 3 aromatic rings. The zero-order valence-electron chi connectivity index (χ0n) is 15.2. The molecule has 0 saturated carbocycles. The maximum Gasteiger partial charge on any atom is 0.198 e. The van der Waals surface area contributed by atoms with Gasteiger partial charge < -0.3 is 14.1 Å². The number of aryl methyl sites for hydroxylation is 1. The van der Waals surface area contributed by atoms with Crippen molar-refractivity contribution in [3.05, 3.63) is 45.2 Å². The Hall–Kier alpha value is -1.89. The van der Waals surface area contributed by atoms with Crippen molar-refractivity contribution >= 4 is 51.6 Å². The standard InChI is InChI=1S/C16H13ClN2O2S.C3H8O/c1-9-3-4-10-13(15(9)22-2)19(7-8-20)16-11(14(10)21)5-6-12(17)18-16;1-3-4-2/h3-6,8H,7H2,1-2H3;3H2,1-2H3. The number of hydrogen-bond acceptors (Lipinski definition) is 5. The van der Waals surface area contributed by atoms with Gasteiger partial charge in [0.15, 0.2) is 5.43 Å². The monoisotopic (exact) mass is 392 g/mol. The lowest BCUT2D eigenvalue weighted by atomic mass is 10.1. The van der Waals surface area contributed by atoms with Gasteiger partial charge in [-0.05, 0) is 43.9 Å². The first-order valence-corrected chi connectivity index (χ1v) is 9.69. The average molecular weight is 393 g/mol. The van der Waals surface area contributed by atoms with Crippen LogP contribution in [0.25, 0.3) is 21.9 Å². The van der Waals surface area contributed by atoms with Gasteiger partial charge in [0.1, 0.15) is 17.1 Å². The number of benzene rings is 1. The summed E-state index contributed by atoms with van der Waals surface area (Å²) in [6.45, 7) is 4.88. The van der Waals surface area contributed by atoms with Gasteiger partial charge in [-0.1, -0.05) is 17.7 Å². The molecule has 0 bridgehead atoms. The molecular formula is C19H21ClN2O3S. The lowest BCUT2D eigenvalue weighted by molar-refractivity contribution is -0.108. The number of methoxy groups -OCH3 is 1. The molecule has 0 fully saturated rings. The molecule has 2 heterocycles. The minimum absolute atomic E-state index is 0.0911. The summed E-state index contributed by atoms with van der Waals surface area (Å²) in [5.41, 5.74) is 2.15. The number of hydrogen-bond donors (Lipinski definition) is 0. The van der Waals surface area contributed by atoms with Crippen LogP contribution in [0.5, 0.6) is 0 Å². The van der Waals surface area contributed by atoms with Crippen molar-refractivity contribution < 1.29 is 9.53 Å². The first-order valence-electron chi connectivity index (χ1n) is 8.09. The van der Waals surface area contributed by atoms with Crippen LogP contribution in [0.4, 0.5) is 0 Å². The molecule has 3 rings (SSSR count). The van der Waals surface area contributed by atoms with Crippen LogP contribution < -0.4 is 5.43 Å². The number of pyridine rings is 2. The average Bonchev–Trinajstić information content (AvgIpc) is 2.65. The molecule has 0 radical (unpaired) electrons. The van der Waals surface area contributed by atoms with Gasteiger partial charge in [0.05, 0.1) is 17.4 Å². The third kappa shape index (κ3) is 3.92. The number of aldehydes is 1. The number of halogens is 1. The zero-order valence-corrected chi connectivity index (χ0v) is 16.8. The molecule has 0 aliphatic carbocycles. The molecule has 7 heteroatoms. The van der Waals surface area contributed by atoms with Gasteiger partial charge >= 0.3 is 0 Å². The second kappa shape index (κ2) is 9.16. The van der Waals surface area contributed by atoms with Crippen LogP contribution >= 0.6 is 23.4 Å². The number of carbonyl (C=O) groups excluding carboxylic acids is 1. The number of rotatable bonds is 4. The molecule has 0 unspecified atom stereocenters. The smallest absolute Gasteiger partial charge is 0.198 e. The van der Waals surface area contributed by atoms with Gasteiger partial charge in [0.25, 0.3) is 0 Å². The SMILES string of the molecule is CCOC.CSc1c(C)ccc2c(=O)c3ccc(Cl)nc3n(CC=O)c12. The van der Waals surface area contributed by atoms with Gasteiger partial charge in [0, 0.05) is 24.0 Å². The third-order valence-corrected chi connectivity index (χ3v) is 5.07. The van der Waals surface area contributed by atoms with E-state index in [1.54, 1.807) is 35.6 Å². The summed E-state index contributed by atoms with van der Waals surface area (Å²) < 4.78 is 6.31. The minimum atomic E-state index is -0.0911. The molecule has 138 valence electrons. The summed E-state index contributed by atoms with van der Waals surface area (Å²) in [6, 6.07) is 6.98. The van der Waals surface area contributed by atoms with Crippen molar-refractivity contribution in [3.63, 3.8) is 0 Å². The molecule has 1 aromatic carbocycles. The van der Waals surface area contributed by atoms with E-state index in [1.807, 2.05) is 32.2 Å². The molecule has 5 nitrogen and oxygen atoms in total. The van der Waals surface area contributed by atoms with Crippen LogP contribution in [0.3, 0.4) is 0 Å². The quantitative estimate of drug-likeness (QED) is 0.289. The maximum absolute atomic E-state index is 12.7. The van der Waals surface area contributed by atoms with Crippen LogP contribution in [-0.4, -0.2) is 35.8 Å². The summed E-state index contributed by atoms with van der Waals surface area (Å²) in [6.07, 6.45) is 2.76. The van der Waals surface area contributed by atoms with Crippen LogP contribution in [0.2, 0.25) is 5.15 Å². The molecule has 2 aromatic heterocycles. The molecule has 0 atom stereocenters. The molecule has 0 amide bonds. The van der Waals surface area contributed by atoms with Crippen molar-refractivity contribution in [2.75, 3.05) is 20.0 Å². The Balaban J connectivity index is 0.000000552. The number of nitrogens with zero attached hydrogens (tertiary/aromatic N) is 2. The molecule has 0 aliphatic rings. The van der Waals surface area contributed by atoms with E-state index >= 15 is 0 Å². The van der Waals surface area contributed by atoms with E-state index in [4.69, 9.17) is 11.6 Å². The van der Waals surface area contributed by atoms with Crippen molar-refractivity contribution in [2.45, 2.75) is 25.3 Å². The molecular weight excluding hydrogens is 372 g/mol. The fourth-order valence-electron chi connectivity index (χ4n) is 2.69. The summed E-state index contributed by atoms with van der Waals surface area (Å²) in [5, 5.41) is 1.35. The van der Waals surface area contributed by atoms with E-state index in [9.17, 15) is 9.59 Å². The van der Waals surface area contributed by atoms with E-state index in [-0.39, 0.29) is 12.0 Å². The summed E-state index contributed by atoms with van der Waals surface area (Å²) in [4.78, 5) is 29.1. The molecule has 0 spiro atoms. The highest BCUT2D eigenvalue weighted by atomic mass is 35.5. The predicted molar refractivity (Wildman–Crippen MR) is 109 cm³/mol. The Kier molecular flexibility index (Phi) is 7.20. The lowest BCUT2D eigenvalue weighted by Crippen LogP contribution is -2.14. The summed E-state index contributed by atoms with van der Waals surface area (Å²) in [5.74, 6) is 0. The van der Waals surface area contributed by atoms with Gasteiger partial charge in [-0.15, -0.1) is 11.8 Å². The Morgan fingerprint density at radius 3 is 2.50 bits per heavy atom. The largest absolute Gasteiger partial charge is 0.385 e. The lowest BCUT2D eigenvalue weighted by Gasteiger charge is -2.16. The number of carbonyl (C=O) groups is 1. The van der Waals surface area contributed by atoms with Crippen LogP contribution in [0.15, 0.2) is 34.0 Å². The van der Waals surface area contributed by atoms with E-state index in [1.165, 1.54) is 0 Å². The normalized spacial score (nSPS) is 10.7. The maximum atomic E-state index is 12.7. The summed E-state index contributed by atoms with van der Waals surface area (Å²) >= 11 is 7.53. The Labute approximate surface area is 161 Å². The van der Waals surface area contributed by atoms with Crippen LogP contribution in [-0.2, 0) is 16.1 Å². The highest BCUT2D eigenvalue weighted by Crippen LogP contribution is 2.30. The first kappa shape index (κ1) is 20.4. The first-order chi connectivity index (χ1) is 12.5. The highest BCUT2D eigenvalue weighted by molar-refractivity contribution is 7.98. The molecule has 0 saturated heterocycles. The minimum Gasteiger partial charge on any atom is -0.385 e. The predicted octanol–water partition coefficient (Wildman–Crippen LogP) is 4.09. The fraction of sp³-hybridized carbons (Fsp3) is 0.316. The van der Waals surface area contributed by atoms with Gasteiger partial charge in [-0.25, -0.2) is 4.98 Å². The Morgan fingerprint density at radius 2 is 1.92 bits per heavy atom. The molecule has 26 heavy (non-hydrogen) atoms.